The van der Waals surface area contributed by atoms with Crippen molar-refractivity contribution in [1.29, 1.82) is 0 Å². The zero-order valence-corrected chi connectivity index (χ0v) is 17.5. The summed E-state index contributed by atoms with van der Waals surface area (Å²) in [6, 6.07) is 14.2. The second kappa shape index (κ2) is 9.43. The number of benzene rings is 2. The predicted octanol–water partition coefficient (Wildman–Crippen LogP) is 3.29. The number of aryl methyl sites for hydroxylation is 1. The number of pyridine rings is 1. The third-order valence-corrected chi connectivity index (χ3v) is 5.44. The van der Waals surface area contributed by atoms with E-state index in [2.05, 4.69) is 22.0 Å². The molecule has 6 heteroatoms. The Bertz CT molecular complexity index is 1000. The van der Waals surface area contributed by atoms with Crippen LogP contribution in [-0.2, 0) is 4.74 Å². The molecule has 1 N–H and O–H groups in total. The van der Waals surface area contributed by atoms with Gasteiger partial charge in [-0.3, -0.25) is 4.90 Å². The summed E-state index contributed by atoms with van der Waals surface area (Å²) in [5, 5.41) is 12.7. The maximum atomic E-state index is 10.4. The summed E-state index contributed by atoms with van der Waals surface area (Å²) in [7, 11) is 1.62. The highest BCUT2D eigenvalue weighted by Crippen LogP contribution is 2.35. The molecule has 0 bridgehead atoms. The van der Waals surface area contributed by atoms with Gasteiger partial charge in [0.2, 0.25) is 5.88 Å². The number of rotatable bonds is 7. The van der Waals surface area contributed by atoms with Crippen molar-refractivity contribution in [2.24, 2.45) is 0 Å². The van der Waals surface area contributed by atoms with Gasteiger partial charge in [0, 0.05) is 37.5 Å². The van der Waals surface area contributed by atoms with Gasteiger partial charge in [-0.25, -0.2) is 4.98 Å². The monoisotopic (exact) mass is 408 g/mol. The van der Waals surface area contributed by atoms with Crippen LogP contribution >= 0.6 is 0 Å². The van der Waals surface area contributed by atoms with Gasteiger partial charge >= 0.3 is 0 Å². The van der Waals surface area contributed by atoms with Gasteiger partial charge in [-0.15, -0.1) is 0 Å². The fraction of sp³-hybridized carbons (Fsp3) is 0.375. The highest BCUT2D eigenvalue weighted by molar-refractivity contribution is 5.98. The summed E-state index contributed by atoms with van der Waals surface area (Å²) in [5.41, 5.74) is 3.17. The molecule has 1 fully saturated rings. The Morgan fingerprint density at radius 2 is 1.93 bits per heavy atom. The van der Waals surface area contributed by atoms with Crippen LogP contribution in [0.3, 0.4) is 0 Å². The van der Waals surface area contributed by atoms with Gasteiger partial charge in [-0.2, -0.15) is 0 Å². The highest BCUT2D eigenvalue weighted by atomic mass is 16.5. The van der Waals surface area contributed by atoms with E-state index in [0.717, 1.165) is 59.5 Å². The lowest BCUT2D eigenvalue weighted by atomic mass is 9.96. The number of morpholine rings is 1. The number of ether oxygens (including phenoxy) is 3. The van der Waals surface area contributed by atoms with Crippen LogP contribution in [0, 0.1) is 6.92 Å². The summed E-state index contributed by atoms with van der Waals surface area (Å²) < 4.78 is 16.6. The summed E-state index contributed by atoms with van der Waals surface area (Å²) >= 11 is 0. The zero-order chi connectivity index (χ0) is 20.9. The quantitative estimate of drug-likeness (QED) is 0.647. The SMILES string of the molecule is COc1cc(C)c(-c2cc(OCC(O)CN3CCOCC3)cc3ccccc23)cn1. The van der Waals surface area contributed by atoms with Crippen molar-refractivity contribution in [3.63, 3.8) is 0 Å². The first-order chi connectivity index (χ1) is 14.6. The van der Waals surface area contributed by atoms with Crippen LogP contribution in [0.2, 0.25) is 0 Å². The molecule has 6 nitrogen and oxygen atoms in total. The molecular formula is C24H28N2O4. The summed E-state index contributed by atoms with van der Waals surface area (Å²) in [4.78, 5) is 6.60. The number of aliphatic hydroxyl groups excluding tert-OH is 1. The minimum Gasteiger partial charge on any atom is -0.491 e. The maximum Gasteiger partial charge on any atom is 0.213 e. The molecule has 2 heterocycles. The fourth-order valence-electron chi connectivity index (χ4n) is 3.84. The van der Waals surface area contributed by atoms with Gasteiger partial charge in [-0.05, 0) is 41.0 Å². The largest absolute Gasteiger partial charge is 0.491 e. The van der Waals surface area contributed by atoms with E-state index in [0.29, 0.717) is 12.4 Å². The lowest BCUT2D eigenvalue weighted by Gasteiger charge is -2.28. The van der Waals surface area contributed by atoms with E-state index < -0.39 is 6.10 Å². The van der Waals surface area contributed by atoms with Crippen LogP contribution in [0.15, 0.2) is 48.7 Å². The number of β-amino-alcohol motifs (C(OH)–C–C–N with tert-alkyl or cyclic N) is 1. The van der Waals surface area contributed by atoms with Crippen molar-refractivity contribution in [3.8, 4) is 22.8 Å². The van der Waals surface area contributed by atoms with Gasteiger partial charge in [0.1, 0.15) is 18.5 Å². The molecule has 3 aromatic rings. The molecule has 1 atom stereocenters. The summed E-state index contributed by atoms with van der Waals surface area (Å²) in [6.45, 7) is 6.02. The van der Waals surface area contributed by atoms with Gasteiger partial charge < -0.3 is 19.3 Å². The molecule has 30 heavy (non-hydrogen) atoms. The second-order valence-corrected chi connectivity index (χ2v) is 7.61. The van der Waals surface area contributed by atoms with E-state index >= 15 is 0 Å². The Labute approximate surface area is 177 Å². The molecule has 0 amide bonds. The summed E-state index contributed by atoms with van der Waals surface area (Å²) in [5.74, 6) is 1.33. The molecule has 0 spiro atoms. The Balaban J connectivity index is 1.57. The minimum absolute atomic E-state index is 0.245. The van der Waals surface area contributed by atoms with Crippen molar-refractivity contribution in [3.05, 3.63) is 54.2 Å². The smallest absolute Gasteiger partial charge is 0.213 e. The van der Waals surface area contributed by atoms with E-state index in [-0.39, 0.29) is 6.61 Å². The van der Waals surface area contributed by atoms with Crippen molar-refractivity contribution < 1.29 is 19.3 Å². The van der Waals surface area contributed by atoms with E-state index in [4.69, 9.17) is 14.2 Å². The first kappa shape index (κ1) is 20.6. The average Bonchev–Trinajstić information content (AvgIpc) is 2.78. The molecule has 2 aromatic carbocycles. The Hall–Kier alpha value is -2.67. The first-order valence-electron chi connectivity index (χ1n) is 10.3. The molecule has 1 saturated heterocycles. The van der Waals surface area contributed by atoms with Crippen LogP contribution in [0.25, 0.3) is 21.9 Å². The number of nitrogens with zero attached hydrogens (tertiary/aromatic N) is 2. The van der Waals surface area contributed by atoms with Crippen LogP contribution in [-0.4, -0.2) is 67.7 Å². The second-order valence-electron chi connectivity index (χ2n) is 7.61. The number of aromatic nitrogens is 1. The molecule has 1 aromatic heterocycles. The van der Waals surface area contributed by atoms with E-state index in [9.17, 15) is 5.11 Å². The molecular weight excluding hydrogens is 380 g/mol. The molecule has 0 aliphatic carbocycles. The topological polar surface area (TPSA) is 64.0 Å². The molecule has 0 radical (unpaired) electrons. The first-order valence-corrected chi connectivity index (χ1v) is 10.3. The lowest BCUT2D eigenvalue weighted by Crippen LogP contribution is -2.42. The molecule has 1 aliphatic heterocycles. The van der Waals surface area contributed by atoms with Crippen LogP contribution in [0.1, 0.15) is 5.56 Å². The number of hydrogen-bond acceptors (Lipinski definition) is 6. The van der Waals surface area contributed by atoms with Crippen LogP contribution in [0.5, 0.6) is 11.6 Å². The molecule has 158 valence electrons. The number of methoxy groups -OCH3 is 1. The van der Waals surface area contributed by atoms with E-state index in [1.165, 1.54) is 0 Å². The summed E-state index contributed by atoms with van der Waals surface area (Å²) in [6.07, 6.45) is 1.29. The van der Waals surface area contributed by atoms with Crippen LogP contribution < -0.4 is 9.47 Å². The fourth-order valence-corrected chi connectivity index (χ4v) is 3.84. The number of fused-ring (bicyclic) bond motifs is 1. The standard InChI is InChI=1S/C24H28N2O4/c1-17-11-24(28-2)25-14-23(17)22-13-20(12-18-5-3-4-6-21(18)22)30-16-19(27)15-26-7-9-29-10-8-26/h3-6,11-14,19,27H,7-10,15-16H2,1-2H3. The van der Waals surface area contributed by atoms with Crippen molar-refractivity contribution in [1.82, 2.24) is 9.88 Å². The molecule has 1 aliphatic rings. The Morgan fingerprint density at radius 1 is 1.13 bits per heavy atom. The zero-order valence-electron chi connectivity index (χ0n) is 17.5. The maximum absolute atomic E-state index is 10.4. The lowest BCUT2D eigenvalue weighted by molar-refractivity contribution is 0.00467. The molecule has 0 saturated carbocycles. The Morgan fingerprint density at radius 3 is 2.70 bits per heavy atom. The normalized spacial score (nSPS) is 15.8. The molecule has 4 rings (SSSR count). The Kier molecular flexibility index (Phi) is 6.47. The van der Waals surface area contributed by atoms with Crippen LogP contribution in [0.4, 0.5) is 0 Å². The van der Waals surface area contributed by atoms with E-state index in [1.807, 2.05) is 43.5 Å². The van der Waals surface area contributed by atoms with Crippen molar-refractivity contribution >= 4 is 10.8 Å². The van der Waals surface area contributed by atoms with Gasteiger partial charge in [0.05, 0.1) is 20.3 Å². The number of hydrogen-bond donors (Lipinski definition) is 1. The van der Waals surface area contributed by atoms with Crippen molar-refractivity contribution in [2.45, 2.75) is 13.0 Å². The van der Waals surface area contributed by atoms with E-state index in [1.54, 1.807) is 7.11 Å². The van der Waals surface area contributed by atoms with Gasteiger partial charge in [-0.1, -0.05) is 24.3 Å². The predicted molar refractivity (Wildman–Crippen MR) is 117 cm³/mol. The van der Waals surface area contributed by atoms with Crippen molar-refractivity contribution in [2.75, 3.05) is 46.6 Å². The average molecular weight is 408 g/mol. The highest BCUT2D eigenvalue weighted by Gasteiger charge is 2.16. The van der Waals surface area contributed by atoms with Gasteiger partial charge in [0.15, 0.2) is 0 Å². The van der Waals surface area contributed by atoms with Gasteiger partial charge in [0.25, 0.3) is 0 Å². The third kappa shape index (κ3) is 4.73. The molecule has 1 unspecified atom stereocenters. The number of aliphatic hydroxyl groups is 1. The minimum atomic E-state index is -0.553. The third-order valence-electron chi connectivity index (χ3n) is 5.44.